The van der Waals surface area contributed by atoms with E-state index in [9.17, 15) is 4.79 Å². The largest absolute Gasteiger partial charge is 0.494 e. The van der Waals surface area contributed by atoms with Crippen molar-refractivity contribution in [2.75, 3.05) is 25.4 Å². The van der Waals surface area contributed by atoms with Crippen LogP contribution in [-0.2, 0) is 4.79 Å². The van der Waals surface area contributed by atoms with E-state index in [-0.39, 0.29) is 5.91 Å². The molecule has 1 aromatic heterocycles. The van der Waals surface area contributed by atoms with Crippen molar-refractivity contribution >= 4 is 29.3 Å². The van der Waals surface area contributed by atoms with E-state index in [1.807, 2.05) is 78.8 Å². The zero-order chi connectivity index (χ0) is 21.5. The van der Waals surface area contributed by atoms with Gasteiger partial charge in [-0.1, -0.05) is 35.5 Å². The van der Waals surface area contributed by atoms with Crippen LogP contribution in [0.2, 0.25) is 5.02 Å². The van der Waals surface area contributed by atoms with Crippen LogP contribution in [0.5, 0.6) is 5.75 Å². The molecule has 2 aromatic carbocycles. The molecule has 8 heteroatoms. The number of thioether (sulfide) groups is 1. The van der Waals surface area contributed by atoms with Crippen molar-refractivity contribution in [2.45, 2.75) is 25.9 Å². The predicted molar refractivity (Wildman–Crippen MR) is 122 cm³/mol. The third-order valence-corrected chi connectivity index (χ3v) is 5.71. The molecule has 0 aliphatic rings. The normalized spacial score (nSPS) is 10.8. The summed E-state index contributed by atoms with van der Waals surface area (Å²) in [6.07, 6.45) is 0. The van der Waals surface area contributed by atoms with E-state index in [0.29, 0.717) is 41.5 Å². The number of hydrogen-bond donors (Lipinski definition) is 0. The maximum Gasteiger partial charge on any atom is 0.233 e. The highest BCUT2D eigenvalue weighted by atomic mass is 35.5. The summed E-state index contributed by atoms with van der Waals surface area (Å²) in [7, 11) is 0. The summed E-state index contributed by atoms with van der Waals surface area (Å²) in [5.74, 6) is 1.84. The minimum absolute atomic E-state index is 0.0792. The second-order valence-electron chi connectivity index (χ2n) is 6.43. The van der Waals surface area contributed by atoms with Crippen molar-refractivity contribution in [3.8, 4) is 22.8 Å². The Labute approximate surface area is 186 Å². The number of hydrogen-bond acceptors (Lipinski definition) is 5. The molecule has 0 aliphatic carbocycles. The van der Waals surface area contributed by atoms with Crippen LogP contribution in [0.1, 0.15) is 20.8 Å². The number of amides is 1. The molecule has 0 saturated heterocycles. The van der Waals surface area contributed by atoms with Crippen LogP contribution < -0.4 is 4.74 Å². The molecule has 0 fully saturated rings. The lowest BCUT2D eigenvalue weighted by atomic mass is 10.2. The summed E-state index contributed by atoms with van der Waals surface area (Å²) in [5.41, 5.74) is 1.74. The van der Waals surface area contributed by atoms with Crippen LogP contribution in [-0.4, -0.2) is 51.0 Å². The fourth-order valence-electron chi connectivity index (χ4n) is 3.06. The molecule has 1 heterocycles. The fraction of sp³-hybridized carbons (Fsp3) is 0.318. The molecular formula is C22H25ClN4O2S. The summed E-state index contributed by atoms with van der Waals surface area (Å²) >= 11 is 7.57. The Kier molecular flexibility index (Phi) is 7.76. The van der Waals surface area contributed by atoms with Crippen molar-refractivity contribution in [3.63, 3.8) is 0 Å². The van der Waals surface area contributed by atoms with Gasteiger partial charge in [-0.25, -0.2) is 0 Å². The van der Waals surface area contributed by atoms with E-state index in [4.69, 9.17) is 16.3 Å². The molecule has 0 saturated carbocycles. The lowest BCUT2D eigenvalue weighted by Crippen LogP contribution is -2.31. The predicted octanol–water partition coefficient (Wildman–Crippen LogP) is 4.95. The van der Waals surface area contributed by atoms with Crippen LogP contribution in [0.25, 0.3) is 17.1 Å². The number of carbonyl (C=O) groups is 1. The quantitative estimate of drug-likeness (QED) is 0.437. The molecule has 0 N–H and O–H groups in total. The molecule has 1 amide bonds. The third-order valence-electron chi connectivity index (χ3n) is 4.56. The van der Waals surface area contributed by atoms with Crippen molar-refractivity contribution in [1.82, 2.24) is 19.7 Å². The Morgan fingerprint density at radius 1 is 1.10 bits per heavy atom. The van der Waals surface area contributed by atoms with Gasteiger partial charge < -0.3 is 9.64 Å². The van der Waals surface area contributed by atoms with Crippen molar-refractivity contribution < 1.29 is 9.53 Å². The highest BCUT2D eigenvalue weighted by Crippen LogP contribution is 2.30. The second-order valence-corrected chi connectivity index (χ2v) is 7.81. The van der Waals surface area contributed by atoms with Gasteiger partial charge in [0.05, 0.1) is 12.4 Å². The zero-order valence-corrected chi connectivity index (χ0v) is 18.9. The number of ether oxygens (including phenoxy) is 1. The minimum atomic E-state index is 0.0792. The van der Waals surface area contributed by atoms with E-state index in [0.717, 1.165) is 17.0 Å². The Hall–Kier alpha value is -2.51. The van der Waals surface area contributed by atoms with Gasteiger partial charge in [0.15, 0.2) is 11.0 Å². The summed E-state index contributed by atoms with van der Waals surface area (Å²) in [5, 5.41) is 10.0. The topological polar surface area (TPSA) is 60.2 Å². The van der Waals surface area contributed by atoms with Gasteiger partial charge in [-0.3, -0.25) is 9.36 Å². The molecule has 0 bridgehead atoms. The molecule has 30 heavy (non-hydrogen) atoms. The maximum absolute atomic E-state index is 12.5. The lowest BCUT2D eigenvalue weighted by Gasteiger charge is -2.18. The van der Waals surface area contributed by atoms with Gasteiger partial charge >= 0.3 is 0 Å². The summed E-state index contributed by atoms with van der Waals surface area (Å²) in [6, 6.07) is 15.2. The van der Waals surface area contributed by atoms with Crippen LogP contribution in [0.3, 0.4) is 0 Å². The maximum atomic E-state index is 12.5. The first-order valence-electron chi connectivity index (χ1n) is 9.92. The first kappa shape index (κ1) is 22.2. The molecule has 0 atom stereocenters. The SMILES string of the molecule is CCOc1ccc(-n2c(SCC(=O)N(CC)CC)nnc2-c2cccc(Cl)c2)cc1. The van der Waals surface area contributed by atoms with Crippen LogP contribution >= 0.6 is 23.4 Å². The van der Waals surface area contributed by atoms with E-state index < -0.39 is 0 Å². The molecule has 0 unspecified atom stereocenters. The van der Waals surface area contributed by atoms with Crippen molar-refractivity contribution in [2.24, 2.45) is 0 Å². The molecule has 0 radical (unpaired) electrons. The number of rotatable bonds is 9. The van der Waals surface area contributed by atoms with E-state index in [1.54, 1.807) is 0 Å². The lowest BCUT2D eigenvalue weighted by molar-refractivity contribution is -0.127. The van der Waals surface area contributed by atoms with E-state index in [1.165, 1.54) is 11.8 Å². The monoisotopic (exact) mass is 444 g/mol. The average molecular weight is 445 g/mol. The van der Waals surface area contributed by atoms with Gasteiger partial charge in [0.1, 0.15) is 5.75 Å². The van der Waals surface area contributed by atoms with E-state index >= 15 is 0 Å². The van der Waals surface area contributed by atoms with Crippen LogP contribution in [0.4, 0.5) is 0 Å². The molecular weight excluding hydrogens is 420 g/mol. The Morgan fingerprint density at radius 2 is 1.83 bits per heavy atom. The van der Waals surface area contributed by atoms with Crippen molar-refractivity contribution in [3.05, 3.63) is 53.6 Å². The Balaban J connectivity index is 1.97. The van der Waals surface area contributed by atoms with Gasteiger partial charge in [-0.15, -0.1) is 10.2 Å². The third kappa shape index (κ3) is 5.15. The van der Waals surface area contributed by atoms with Crippen LogP contribution in [0.15, 0.2) is 53.7 Å². The number of nitrogens with zero attached hydrogens (tertiary/aromatic N) is 4. The molecule has 3 aromatic rings. The Bertz CT molecular complexity index is 987. The minimum Gasteiger partial charge on any atom is -0.494 e. The van der Waals surface area contributed by atoms with Gasteiger partial charge in [0.25, 0.3) is 0 Å². The smallest absolute Gasteiger partial charge is 0.233 e. The average Bonchev–Trinajstić information content (AvgIpc) is 3.18. The fourth-order valence-corrected chi connectivity index (χ4v) is 4.11. The first-order valence-corrected chi connectivity index (χ1v) is 11.3. The number of benzene rings is 2. The standard InChI is InChI=1S/C22H25ClN4O2S/c1-4-26(5-2)20(28)15-30-22-25-24-21(16-8-7-9-17(23)14-16)27(22)18-10-12-19(13-11-18)29-6-3/h7-14H,4-6,15H2,1-3H3. The Morgan fingerprint density at radius 3 is 2.47 bits per heavy atom. The molecule has 0 spiro atoms. The van der Waals surface area contributed by atoms with Crippen molar-refractivity contribution in [1.29, 1.82) is 0 Å². The van der Waals surface area contributed by atoms with Gasteiger partial charge in [0.2, 0.25) is 5.91 Å². The first-order chi connectivity index (χ1) is 14.6. The summed E-state index contributed by atoms with van der Waals surface area (Å²) in [6.45, 7) is 7.89. The number of carbonyl (C=O) groups excluding carboxylic acids is 1. The molecule has 158 valence electrons. The highest BCUT2D eigenvalue weighted by molar-refractivity contribution is 7.99. The van der Waals surface area contributed by atoms with Crippen LogP contribution in [0, 0.1) is 0 Å². The van der Waals surface area contributed by atoms with Gasteiger partial charge in [0, 0.05) is 29.4 Å². The molecule has 0 aliphatic heterocycles. The zero-order valence-electron chi connectivity index (χ0n) is 17.3. The highest BCUT2D eigenvalue weighted by Gasteiger charge is 2.19. The second kappa shape index (κ2) is 10.5. The molecule has 6 nitrogen and oxygen atoms in total. The van der Waals surface area contributed by atoms with E-state index in [2.05, 4.69) is 10.2 Å². The number of aromatic nitrogens is 3. The van der Waals surface area contributed by atoms with Gasteiger partial charge in [-0.05, 0) is 57.2 Å². The summed E-state index contributed by atoms with van der Waals surface area (Å²) in [4.78, 5) is 14.3. The molecule has 3 rings (SSSR count). The summed E-state index contributed by atoms with van der Waals surface area (Å²) < 4.78 is 7.50. The van der Waals surface area contributed by atoms with Gasteiger partial charge in [-0.2, -0.15) is 0 Å². The number of halogens is 1.